The normalized spacial score (nSPS) is 10.6. The van der Waals surface area contributed by atoms with Crippen LogP contribution < -0.4 is 5.73 Å². The molecule has 2 N–H and O–H groups in total. The molecule has 3 aromatic heterocycles. The van der Waals surface area contributed by atoms with Crippen LogP contribution in [0.5, 0.6) is 0 Å². The highest BCUT2D eigenvalue weighted by molar-refractivity contribution is 5.86. The summed E-state index contributed by atoms with van der Waals surface area (Å²) >= 11 is 0. The SMILES string of the molecule is N#Cc1nc(-c2ccc3ncccc3c2)c(-c2ccno2)nc1N. The molecule has 24 heavy (non-hydrogen) atoms. The molecule has 1 aromatic carbocycles. The van der Waals surface area contributed by atoms with Gasteiger partial charge in [0.1, 0.15) is 17.5 Å². The van der Waals surface area contributed by atoms with Crippen LogP contribution in [-0.2, 0) is 0 Å². The molecule has 0 atom stereocenters. The number of aromatic nitrogens is 4. The average molecular weight is 314 g/mol. The molecule has 0 spiro atoms. The van der Waals surface area contributed by atoms with Crippen LogP contribution in [0.25, 0.3) is 33.6 Å². The number of pyridine rings is 1. The molecule has 0 saturated carbocycles. The topological polar surface area (TPSA) is 115 Å². The van der Waals surface area contributed by atoms with Gasteiger partial charge in [0.2, 0.25) is 0 Å². The predicted molar refractivity (Wildman–Crippen MR) is 87.4 cm³/mol. The Labute approximate surface area is 136 Å². The van der Waals surface area contributed by atoms with Crippen LogP contribution in [0.2, 0.25) is 0 Å². The van der Waals surface area contributed by atoms with E-state index in [2.05, 4.69) is 20.1 Å². The van der Waals surface area contributed by atoms with Crippen LogP contribution in [0, 0.1) is 11.3 Å². The standard InChI is InChI=1S/C17H10N6O/c18-9-13-17(19)23-16(14-5-7-21-24-14)15(22-13)11-3-4-12-10(8-11)2-1-6-20-12/h1-8H,(H2,19,23). The first-order valence-corrected chi connectivity index (χ1v) is 7.10. The third kappa shape index (κ3) is 2.23. The lowest BCUT2D eigenvalue weighted by Crippen LogP contribution is -2.02. The van der Waals surface area contributed by atoms with E-state index in [-0.39, 0.29) is 11.5 Å². The summed E-state index contributed by atoms with van der Waals surface area (Å²) < 4.78 is 5.19. The van der Waals surface area contributed by atoms with Gasteiger partial charge in [-0.25, -0.2) is 9.97 Å². The first-order valence-electron chi connectivity index (χ1n) is 7.10. The van der Waals surface area contributed by atoms with Gasteiger partial charge in [0.05, 0.1) is 11.7 Å². The van der Waals surface area contributed by atoms with Crippen molar-refractivity contribution in [2.45, 2.75) is 0 Å². The summed E-state index contributed by atoms with van der Waals surface area (Å²) in [7, 11) is 0. The Bertz CT molecular complexity index is 1080. The van der Waals surface area contributed by atoms with Gasteiger partial charge in [-0.15, -0.1) is 0 Å². The molecule has 114 valence electrons. The number of nitriles is 1. The maximum atomic E-state index is 9.20. The molecule has 0 fully saturated rings. The van der Waals surface area contributed by atoms with Gasteiger partial charge in [-0.2, -0.15) is 5.26 Å². The van der Waals surface area contributed by atoms with Crippen molar-refractivity contribution >= 4 is 16.7 Å². The Balaban J connectivity index is 2.00. The summed E-state index contributed by atoms with van der Waals surface area (Å²) in [6.07, 6.45) is 3.25. The van der Waals surface area contributed by atoms with Crippen molar-refractivity contribution in [1.29, 1.82) is 5.26 Å². The number of nitrogens with two attached hydrogens (primary N) is 1. The number of hydrogen-bond acceptors (Lipinski definition) is 7. The molecular weight excluding hydrogens is 304 g/mol. The Kier molecular flexibility index (Phi) is 3.14. The maximum Gasteiger partial charge on any atom is 0.187 e. The van der Waals surface area contributed by atoms with Crippen LogP contribution in [0.1, 0.15) is 5.69 Å². The number of anilines is 1. The number of benzene rings is 1. The molecule has 0 radical (unpaired) electrons. The monoisotopic (exact) mass is 314 g/mol. The van der Waals surface area contributed by atoms with E-state index in [9.17, 15) is 5.26 Å². The van der Waals surface area contributed by atoms with Gasteiger partial charge in [0, 0.05) is 23.2 Å². The zero-order valence-electron chi connectivity index (χ0n) is 12.3. The van der Waals surface area contributed by atoms with E-state index < -0.39 is 0 Å². The van der Waals surface area contributed by atoms with E-state index >= 15 is 0 Å². The number of fused-ring (bicyclic) bond motifs is 1. The minimum absolute atomic E-state index is 0.0510. The minimum atomic E-state index is 0.0510. The van der Waals surface area contributed by atoms with E-state index in [0.29, 0.717) is 17.1 Å². The number of nitrogen functional groups attached to an aromatic ring is 1. The predicted octanol–water partition coefficient (Wildman–Crippen LogP) is 2.80. The summed E-state index contributed by atoms with van der Waals surface area (Å²) in [4.78, 5) is 13.0. The van der Waals surface area contributed by atoms with Crippen molar-refractivity contribution < 1.29 is 4.52 Å². The second-order valence-electron chi connectivity index (χ2n) is 5.05. The fourth-order valence-electron chi connectivity index (χ4n) is 2.46. The smallest absolute Gasteiger partial charge is 0.187 e. The first-order chi connectivity index (χ1) is 11.8. The summed E-state index contributed by atoms with van der Waals surface area (Å²) in [5.74, 6) is 0.482. The molecular formula is C17H10N6O. The maximum absolute atomic E-state index is 9.20. The summed E-state index contributed by atoms with van der Waals surface area (Å²) in [6, 6.07) is 13.1. The van der Waals surface area contributed by atoms with Crippen LogP contribution in [0.3, 0.4) is 0 Å². The van der Waals surface area contributed by atoms with Crippen molar-refractivity contribution in [3.8, 4) is 28.8 Å². The number of rotatable bonds is 2. The fourth-order valence-corrected chi connectivity index (χ4v) is 2.46. The molecule has 0 saturated heterocycles. The van der Waals surface area contributed by atoms with Crippen molar-refractivity contribution in [3.05, 3.63) is 54.5 Å². The molecule has 3 heterocycles. The molecule has 0 amide bonds. The molecule has 4 aromatic rings. The van der Waals surface area contributed by atoms with Crippen molar-refractivity contribution in [2.24, 2.45) is 0 Å². The van der Waals surface area contributed by atoms with Crippen molar-refractivity contribution in [1.82, 2.24) is 20.1 Å². The summed E-state index contributed by atoms with van der Waals surface area (Å²) in [5.41, 5.74) is 8.47. The summed E-state index contributed by atoms with van der Waals surface area (Å²) in [6.45, 7) is 0. The molecule has 4 rings (SSSR count). The second kappa shape index (κ2) is 5.44. The molecule has 0 aliphatic heterocycles. The summed E-state index contributed by atoms with van der Waals surface area (Å²) in [5, 5.41) is 13.9. The van der Waals surface area contributed by atoms with Gasteiger partial charge in [0.25, 0.3) is 0 Å². The highest BCUT2D eigenvalue weighted by Crippen LogP contribution is 2.31. The van der Waals surface area contributed by atoms with E-state index in [1.807, 2.05) is 36.4 Å². The van der Waals surface area contributed by atoms with Crippen molar-refractivity contribution in [3.63, 3.8) is 0 Å². The average Bonchev–Trinajstić information content (AvgIpc) is 3.15. The third-order valence-electron chi connectivity index (χ3n) is 3.58. The van der Waals surface area contributed by atoms with Crippen LogP contribution in [0.15, 0.2) is 53.3 Å². The van der Waals surface area contributed by atoms with E-state index in [0.717, 1.165) is 16.5 Å². The van der Waals surface area contributed by atoms with E-state index in [4.69, 9.17) is 10.3 Å². The van der Waals surface area contributed by atoms with Gasteiger partial charge in [0.15, 0.2) is 17.3 Å². The van der Waals surface area contributed by atoms with Gasteiger partial charge in [-0.05, 0) is 18.2 Å². The van der Waals surface area contributed by atoms with Gasteiger partial charge in [-0.1, -0.05) is 17.3 Å². The zero-order chi connectivity index (χ0) is 16.5. The molecule has 7 heteroatoms. The Morgan fingerprint density at radius 3 is 2.75 bits per heavy atom. The van der Waals surface area contributed by atoms with E-state index in [1.54, 1.807) is 12.3 Å². The van der Waals surface area contributed by atoms with E-state index in [1.165, 1.54) is 6.20 Å². The van der Waals surface area contributed by atoms with Crippen LogP contribution >= 0.6 is 0 Å². The highest BCUT2D eigenvalue weighted by Gasteiger charge is 2.18. The van der Waals surface area contributed by atoms with Gasteiger partial charge < -0.3 is 10.3 Å². The number of hydrogen-bond donors (Lipinski definition) is 1. The highest BCUT2D eigenvalue weighted by atomic mass is 16.5. The zero-order valence-corrected chi connectivity index (χ0v) is 12.3. The van der Waals surface area contributed by atoms with Crippen LogP contribution in [0.4, 0.5) is 5.82 Å². The molecule has 7 nitrogen and oxygen atoms in total. The lowest BCUT2D eigenvalue weighted by Gasteiger charge is -2.08. The first kappa shape index (κ1) is 13.8. The van der Waals surface area contributed by atoms with Crippen molar-refractivity contribution in [2.75, 3.05) is 5.73 Å². The minimum Gasteiger partial charge on any atom is -0.381 e. The number of nitrogens with zero attached hydrogens (tertiary/aromatic N) is 5. The van der Waals surface area contributed by atoms with Gasteiger partial charge >= 0.3 is 0 Å². The lowest BCUT2D eigenvalue weighted by atomic mass is 10.0. The molecule has 0 unspecified atom stereocenters. The van der Waals surface area contributed by atoms with Crippen LogP contribution in [-0.4, -0.2) is 20.1 Å². The Morgan fingerprint density at radius 2 is 1.96 bits per heavy atom. The largest absolute Gasteiger partial charge is 0.381 e. The fraction of sp³-hybridized carbons (Fsp3) is 0. The molecule has 0 bridgehead atoms. The molecule has 0 aliphatic rings. The quantitative estimate of drug-likeness (QED) is 0.605. The Morgan fingerprint density at radius 1 is 1.04 bits per heavy atom. The Hall–Kier alpha value is -3.79. The second-order valence-corrected chi connectivity index (χ2v) is 5.05. The third-order valence-corrected chi connectivity index (χ3v) is 3.58. The molecule has 0 aliphatic carbocycles. The lowest BCUT2D eigenvalue weighted by molar-refractivity contribution is 0.431. The van der Waals surface area contributed by atoms with Gasteiger partial charge in [-0.3, -0.25) is 4.98 Å².